The molecule has 0 bridgehead atoms. The van der Waals surface area contributed by atoms with Crippen molar-refractivity contribution in [3.8, 4) is 28.4 Å². The molecule has 0 atom stereocenters. The quantitative estimate of drug-likeness (QED) is 0.108. The van der Waals surface area contributed by atoms with Gasteiger partial charge < -0.3 is 19.1 Å². The van der Waals surface area contributed by atoms with Crippen LogP contribution in [0.2, 0.25) is 0 Å². The number of benzene rings is 8. The van der Waals surface area contributed by atoms with Crippen LogP contribution in [0.3, 0.4) is 0 Å². The van der Waals surface area contributed by atoms with Crippen LogP contribution in [-0.2, 0) is 42.7 Å². The van der Waals surface area contributed by atoms with Gasteiger partial charge in [-0.05, 0) is 115 Å². The van der Waals surface area contributed by atoms with E-state index in [0.717, 1.165) is 55.8 Å². The van der Waals surface area contributed by atoms with E-state index >= 15 is 0 Å². The predicted octanol–water partition coefficient (Wildman–Crippen LogP) is 20.2. The fraction of sp³-hybridized carbons (Fsp3) is 0.263. The number of hydrogen-bond acceptors (Lipinski definition) is 4. The number of aromatic nitrogens is 2. The molecule has 0 aliphatic carbocycles. The molecule has 0 radical (unpaired) electrons. The SMILES string of the molecule is CC(C)c1cccc(C(C)C)c1C1=CN(c2cc(C(C)(C)C)cc(C(C)(C)C)c2)[CH-]N1c1[c-]c(Oc2[c-]c3c(cc2)c2cc(C(C)(C)c4ccccc4)ccc2n3-c2cc(C(C)(C)c3ccccc3)ccn2)cc(-c2ccccc2)c1.[Pt]. The maximum absolute atomic E-state index is 7.17. The molecule has 0 spiro atoms. The van der Waals surface area contributed by atoms with Gasteiger partial charge in [-0.2, -0.15) is 6.07 Å². The summed E-state index contributed by atoms with van der Waals surface area (Å²) in [4.78, 5) is 9.78. The van der Waals surface area contributed by atoms with Gasteiger partial charge in [0, 0.05) is 72.1 Å². The maximum Gasteiger partial charge on any atom is 0.135 e. The van der Waals surface area contributed by atoms with E-state index in [2.05, 4.69) is 318 Å². The largest absolute Gasteiger partial charge is 0.509 e. The Morgan fingerprint density at radius 3 is 1.63 bits per heavy atom. The Kier molecular flexibility index (Phi) is 15.8. The van der Waals surface area contributed by atoms with Gasteiger partial charge in [0.2, 0.25) is 0 Å². The van der Waals surface area contributed by atoms with Gasteiger partial charge in [-0.1, -0.05) is 230 Å². The summed E-state index contributed by atoms with van der Waals surface area (Å²) in [5.41, 5.74) is 17.8. The third-order valence-corrected chi connectivity index (χ3v) is 16.8. The molecule has 420 valence electrons. The second-order valence-corrected chi connectivity index (χ2v) is 25.9. The Hall–Kier alpha value is -7.46. The van der Waals surface area contributed by atoms with Gasteiger partial charge in [-0.15, -0.1) is 53.6 Å². The first-order valence-corrected chi connectivity index (χ1v) is 28.9. The topological polar surface area (TPSA) is 33.5 Å². The van der Waals surface area contributed by atoms with Crippen LogP contribution in [0.1, 0.15) is 159 Å². The minimum absolute atomic E-state index is 0. The zero-order valence-corrected chi connectivity index (χ0v) is 52.5. The van der Waals surface area contributed by atoms with Crippen LogP contribution in [0.25, 0.3) is 44.4 Å². The van der Waals surface area contributed by atoms with Crippen LogP contribution in [0.15, 0.2) is 194 Å². The van der Waals surface area contributed by atoms with E-state index in [1.54, 1.807) is 0 Å². The number of rotatable bonds is 13. The Balaban J connectivity index is 0.00000753. The van der Waals surface area contributed by atoms with Crippen molar-refractivity contribution in [3.05, 3.63) is 263 Å². The van der Waals surface area contributed by atoms with Gasteiger partial charge in [-0.25, -0.2) is 4.98 Å². The number of hydrogen-bond donors (Lipinski definition) is 0. The van der Waals surface area contributed by atoms with Gasteiger partial charge in [0.15, 0.2) is 0 Å². The van der Waals surface area contributed by atoms with Gasteiger partial charge >= 0.3 is 0 Å². The fourth-order valence-corrected chi connectivity index (χ4v) is 11.6. The molecule has 3 heterocycles. The third kappa shape index (κ3) is 11.1. The molecule has 11 rings (SSSR count). The van der Waals surface area contributed by atoms with Crippen molar-refractivity contribution < 1.29 is 25.8 Å². The van der Waals surface area contributed by atoms with Crippen molar-refractivity contribution in [2.45, 2.75) is 130 Å². The summed E-state index contributed by atoms with van der Waals surface area (Å²) >= 11 is 0. The number of nitrogens with zero attached hydrogens (tertiary/aromatic N) is 4. The van der Waals surface area contributed by atoms with Crippen molar-refractivity contribution >= 4 is 38.9 Å². The van der Waals surface area contributed by atoms with E-state index in [-0.39, 0.29) is 54.6 Å². The van der Waals surface area contributed by atoms with Gasteiger partial charge in [0.25, 0.3) is 0 Å². The molecule has 0 amide bonds. The number of ether oxygens (including phenoxy) is 1. The summed E-state index contributed by atoms with van der Waals surface area (Å²) in [5, 5.41) is 2.19. The second-order valence-electron chi connectivity index (χ2n) is 25.9. The van der Waals surface area contributed by atoms with E-state index in [1.165, 1.54) is 50.1 Å². The molecular weight excluding hydrogens is 1180 g/mol. The normalized spacial score (nSPS) is 13.3. The zero-order chi connectivity index (χ0) is 57.2. The minimum atomic E-state index is -0.280. The van der Waals surface area contributed by atoms with Crippen LogP contribution in [0.5, 0.6) is 11.5 Å². The standard InChI is InChI=1S/C76H77N4O.Pt/c1-50(2)64-31-24-32-65(51(3)4)72(64)70-48-78(60-42-58(73(5,6)7)41-59(43-60)74(8,9)10)49-79(70)61-39-53(52-25-18-15-19-26-52)40-63(46-61)81-62-34-35-66-67-44-56(75(11,12)54-27-20-16-21-28-54)33-36-68(67)80(69(66)47-62)71-45-57(37-38-77-71)76(13,14)55-29-22-17-23-30-55;/h15-45,48-51H,1-14H3;/q-3;. The summed E-state index contributed by atoms with van der Waals surface area (Å²) in [6.07, 6.45) is 4.28. The van der Waals surface area contributed by atoms with Gasteiger partial charge in [0.05, 0.1) is 0 Å². The van der Waals surface area contributed by atoms with Crippen molar-refractivity contribution in [1.82, 2.24) is 9.55 Å². The summed E-state index contributed by atoms with van der Waals surface area (Å²) in [5.74, 6) is 2.54. The van der Waals surface area contributed by atoms with Crippen molar-refractivity contribution in [2.75, 3.05) is 9.80 Å². The molecule has 1 aliphatic rings. The molecule has 10 aromatic rings. The third-order valence-electron chi connectivity index (χ3n) is 16.8. The Morgan fingerprint density at radius 1 is 0.488 bits per heavy atom. The average Bonchev–Trinajstić information content (AvgIpc) is 2.75. The van der Waals surface area contributed by atoms with E-state index < -0.39 is 0 Å². The average molecular weight is 1260 g/mol. The van der Waals surface area contributed by atoms with E-state index in [9.17, 15) is 0 Å². The molecule has 82 heavy (non-hydrogen) atoms. The Morgan fingerprint density at radius 2 is 1.06 bits per heavy atom. The second kappa shape index (κ2) is 22.4. The summed E-state index contributed by atoms with van der Waals surface area (Å²) < 4.78 is 9.44. The maximum atomic E-state index is 7.17. The summed E-state index contributed by atoms with van der Waals surface area (Å²) in [6.45, 7) is 34.5. The number of fused-ring (bicyclic) bond motifs is 3. The molecular formula is C76H77N4OPt-3. The molecule has 0 N–H and O–H groups in total. The van der Waals surface area contributed by atoms with Gasteiger partial charge in [-0.3, -0.25) is 0 Å². The number of pyridine rings is 1. The molecule has 5 nitrogen and oxygen atoms in total. The van der Waals surface area contributed by atoms with E-state index in [1.807, 2.05) is 6.20 Å². The summed E-state index contributed by atoms with van der Waals surface area (Å²) in [6, 6.07) is 73.7. The van der Waals surface area contributed by atoms with Crippen LogP contribution >= 0.6 is 0 Å². The molecule has 0 unspecified atom stereocenters. The molecule has 0 saturated carbocycles. The number of anilines is 2. The summed E-state index contributed by atoms with van der Waals surface area (Å²) in [7, 11) is 0. The van der Waals surface area contributed by atoms with Crippen molar-refractivity contribution in [1.29, 1.82) is 0 Å². The minimum Gasteiger partial charge on any atom is -0.509 e. The first-order valence-electron chi connectivity index (χ1n) is 28.9. The first kappa shape index (κ1) is 57.8. The zero-order valence-electron chi connectivity index (χ0n) is 50.2. The molecule has 0 fully saturated rings. The molecule has 2 aromatic heterocycles. The first-order chi connectivity index (χ1) is 38.6. The molecule has 1 aliphatic heterocycles. The van der Waals surface area contributed by atoms with Crippen LogP contribution in [0, 0.1) is 18.8 Å². The molecule has 0 saturated heterocycles. The fourth-order valence-electron chi connectivity index (χ4n) is 11.6. The Labute approximate surface area is 503 Å². The van der Waals surface area contributed by atoms with Crippen LogP contribution < -0.4 is 14.5 Å². The van der Waals surface area contributed by atoms with Crippen molar-refractivity contribution in [3.63, 3.8) is 0 Å². The smallest absolute Gasteiger partial charge is 0.135 e. The van der Waals surface area contributed by atoms with Gasteiger partial charge in [0.1, 0.15) is 5.82 Å². The predicted molar refractivity (Wildman–Crippen MR) is 341 cm³/mol. The van der Waals surface area contributed by atoms with E-state index in [0.29, 0.717) is 11.5 Å². The van der Waals surface area contributed by atoms with Crippen LogP contribution in [-0.4, -0.2) is 9.55 Å². The molecule has 6 heteroatoms. The molecule has 8 aromatic carbocycles. The van der Waals surface area contributed by atoms with Crippen molar-refractivity contribution in [2.24, 2.45) is 0 Å². The van der Waals surface area contributed by atoms with E-state index in [4.69, 9.17) is 9.72 Å². The Bertz CT molecular complexity index is 3910. The van der Waals surface area contributed by atoms with Crippen LogP contribution in [0.4, 0.5) is 11.4 Å². The monoisotopic (exact) mass is 1260 g/mol.